The van der Waals surface area contributed by atoms with Gasteiger partial charge in [0.1, 0.15) is 0 Å². The molecule has 0 saturated carbocycles. The van der Waals surface area contributed by atoms with Crippen molar-refractivity contribution in [1.29, 1.82) is 0 Å². The Bertz CT molecular complexity index is 777. The molecule has 0 aliphatic rings. The number of nitrogens with zero attached hydrogens (tertiary/aromatic N) is 1. The van der Waals surface area contributed by atoms with E-state index in [9.17, 15) is 20.0 Å². The Balaban J connectivity index is 2.07. The molecule has 0 spiro atoms. The molecule has 8 heteroatoms. The van der Waals surface area contributed by atoms with E-state index < -0.39 is 11.0 Å². The second-order valence-corrected chi connectivity index (χ2v) is 5.55. The Morgan fingerprint density at radius 2 is 1.96 bits per heavy atom. The maximum absolute atomic E-state index is 11.9. The van der Waals surface area contributed by atoms with Gasteiger partial charge >= 0.3 is 0 Å². The normalized spacial score (nSPS) is 11.5. The van der Waals surface area contributed by atoms with E-state index in [4.69, 9.17) is 9.47 Å². The van der Waals surface area contributed by atoms with Gasteiger partial charge in [-0.1, -0.05) is 30.3 Å². The lowest BCUT2D eigenvalue weighted by Gasteiger charge is -2.14. The van der Waals surface area contributed by atoms with Crippen LogP contribution in [0.5, 0.6) is 11.5 Å². The number of carbonyl (C=O) groups is 1. The minimum Gasteiger partial charge on any atom is -0.493 e. The van der Waals surface area contributed by atoms with Gasteiger partial charge < -0.3 is 19.9 Å². The van der Waals surface area contributed by atoms with Crippen LogP contribution in [-0.2, 0) is 11.3 Å². The third kappa shape index (κ3) is 4.93. The topological polar surface area (TPSA) is 111 Å². The van der Waals surface area contributed by atoms with Gasteiger partial charge in [-0.05, 0) is 18.6 Å². The molecule has 0 fully saturated rings. The Labute approximate surface area is 150 Å². The molecule has 26 heavy (non-hydrogen) atoms. The Hall–Kier alpha value is -3.13. The van der Waals surface area contributed by atoms with E-state index in [1.165, 1.54) is 20.1 Å². The summed E-state index contributed by atoms with van der Waals surface area (Å²) in [5.74, 6) is -0.126. The van der Waals surface area contributed by atoms with Gasteiger partial charge in [-0.25, -0.2) is 0 Å². The van der Waals surface area contributed by atoms with Crippen LogP contribution in [0, 0.1) is 10.1 Å². The van der Waals surface area contributed by atoms with Crippen molar-refractivity contribution >= 4 is 11.6 Å². The summed E-state index contributed by atoms with van der Waals surface area (Å²) in [6.07, 6.45) is -1.05. The van der Waals surface area contributed by atoms with Crippen molar-refractivity contribution in [2.24, 2.45) is 0 Å². The zero-order valence-electron chi connectivity index (χ0n) is 14.5. The highest BCUT2D eigenvalue weighted by molar-refractivity contribution is 5.77. The average molecular weight is 360 g/mol. The van der Waals surface area contributed by atoms with Crippen molar-refractivity contribution < 1.29 is 24.3 Å². The van der Waals surface area contributed by atoms with Gasteiger partial charge in [0.05, 0.1) is 29.8 Å². The maximum Gasteiger partial charge on any atom is 0.279 e. The van der Waals surface area contributed by atoms with E-state index >= 15 is 0 Å². The number of hydrogen-bond acceptors (Lipinski definition) is 6. The molecule has 0 aromatic heterocycles. The monoisotopic (exact) mass is 360 g/mol. The van der Waals surface area contributed by atoms with Crippen molar-refractivity contribution in [3.63, 3.8) is 0 Å². The SMILES string of the molecule is COc1cc(C(C)O)c([N+](=O)[O-])cc1OCC(=O)NCc1ccccc1. The number of hydrogen-bond donors (Lipinski definition) is 2. The van der Waals surface area contributed by atoms with Gasteiger partial charge in [0, 0.05) is 6.54 Å². The predicted molar refractivity (Wildman–Crippen MR) is 94.1 cm³/mol. The van der Waals surface area contributed by atoms with Crippen LogP contribution in [0.25, 0.3) is 0 Å². The van der Waals surface area contributed by atoms with Crippen LogP contribution in [0.3, 0.4) is 0 Å². The Morgan fingerprint density at radius 3 is 2.54 bits per heavy atom. The lowest BCUT2D eigenvalue weighted by Crippen LogP contribution is -2.28. The second-order valence-electron chi connectivity index (χ2n) is 5.55. The highest BCUT2D eigenvalue weighted by Crippen LogP contribution is 2.37. The molecule has 0 saturated heterocycles. The molecule has 2 N–H and O–H groups in total. The van der Waals surface area contributed by atoms with Gasteiger partial charge in [-0.2, -0.15) is 0 Å². The van der Waals surface area contributed by atoms with Gasteiger partial charge in [0.25, 0.3) is 11.6 Å². The number of aliphatic hydroxyl groups excluding tert-OH is 1. The highest BCUT2D eigenvalue weighted by atomic mass is 16.6. The molecule has 1 unspecified atom stereocenters. The van der Waals surface area contributed by atoms with Gasteiger partial charge in [-0.15, -0.1) is 0 Å². The molecule has 1 atom stereocenters. The predicted octanol–water partition coefficient (Wildman–Crippen LogP) is 2.35. The fourth-order valence-corrected chi connectivity index (χ4v) is 2.32. The van der Waals surface area contributed by atoms with E-state index in [0.717, 1.165) is 11.6 Å². The first-order valence-electron chi connectivity index (χ1n) is 7.90. The van der Waals surface area contributed by atoms with E-state index in [2.05, 4.69) is 5.32 Å². The first-order valence-corrected chi connectivity index (χ1v) is 7.90. The number of aliphatic hydroxyl groups is 1. The second kappa shape index (κ2) is 8.82. The zero-order valence-corrected chi connectivity index (χ0v) is 14.5. The fraction of sp³-hybridized carbons (Fsp3) is 0.278. The van der Waals surface area contributed by atoms with Gasteiger partial charge in [0.2, 0.25) is 0 Å². The van der Waals surface area contributed by atoms with Gasteiger partial charge in [-0.3, -0.25) is 14.9 Å². The summed E-state index contributed by atoms with van der Waals surface area (Å²) in [7, 11) is 1.37. The largest absolute Gasteiger partial charge is 0.493 e. The summed E-state index contributed by atoms with van der Waals surface area (Å²) < 4.78 is 10.5. The number of nitrogens with one attached hydrogen (secondary N) is 1. The van der Waals surface area contributed by atoms with Crippen LogP contribution in [0.2, 0.25) is 0 Å². The minimum atomic E-state index is -1.05. The minimum absolute atomic E-state index is 0.0541. The van der Waals surface area contributed by atoms with Crippen molar-refractivity contribution in [2.45, 2.75) is 19.6 Å². The van der Waals surface area contributed by atoms with Crippen LogP contribution in [0.1, 0.15) is 24.2 Å². The van der Waals surface area contributed by atoms with E-state index in [1.807, 2.05) is 30.3 Å². The number of amides is 1. The summed E-state index contributed by atoms with van der Waals surface area (Å²) in [5.41, 5.74) is 0.739. The molecule has 0 heterocycles. The zero-order chi connectivity index (χ0) is 19.1. The lowest BCUT2D eigenvalue weighted by atomic mass is 10.1. The van der Waals surface area contributed by atoms with Crippen molar-refractivity contribution in [2.75, 3.05) is 13.7 Å². The summed E-state index contributed by atoms with van der Waals surface area (Å²) in [4.78, 5) is 22.5. The number of carbonyl (C=O) groups excluding carboxylic acids is 1. The van der Waals surface area contributed by atoms with Crippen LogP contribution >= 0.6 is 0 Å². The van der Waals surface area contributed by atoms with Crippen molar-refractivity contribution in [1.82, 2.24) is 5.32 Å². The summed E-state index contributed by atoms with van der Waals surface area (Å²) in [5, 5.41) is 23.6. The first-order chi connectivity index (χ1) is 12.4. The molecule has 1 amide bonds. The summed E-state index contributed by atoms with van der Waals surface area (Å²) in [6.45, 7) is 1.44. The van der Waals surface area contributed by atoms with E-state index in [-0.39, 0.29) is 35.3 Å². The third-order valence-corrected chi connectivity index (χ3v) is 3.65. The summed E-state index contributed by atoms with van der Waals surface area (Å²) in [6, 6.07) is 11.8. The molecule has 2 aromatic rings. The molecular formula is C18H20N2O6. The molecule has 0 bridgehead atoms. The fourth-order valence-electron chi connectivity index (χ4n) is 2.32. The number of rotatable bonds is 8. The number of nitro benzene ring substituents is 1. The number of ether oxygens (including phenoxy) is 2. The van der Waals surface area contributed by atoms with Crippen LogP contribution < -0.4 is 14.8 Å². The molecule has 0 radical (unpaired) electrons. The molecular weight excluding hydrogens is 340 g/mol. The molecule has 2 aromatic carbocycles. The maximum atomic E-state index is 11.9. The molecule has 138 valence electrons. The molecule has 0 aliphatic carbocycles. The van der Waals surface area contributed by atoms with Gasteiger partial charge in [0.15, 0.2) is 18.1 Å². The number of nitro groups is 1. The van der Waals surface area contributed by atoms with Crippen LogP contribution in [0.4, 0.5) is 5.69 Å². The molecule has 2 rings (SSSR count). The smallest absolute Gasteiger partial charge is 0.279 e. The third-order valence-electron chi connectivity index (χ3n) is 3.65. The highest BCUT2D eigenvalue weighted by Gasteiger charge is 2.23. The van der Waals surface area contributed by atoms with E-state index in [1.54, 1.807) is 0 Å². The van der Waals surface area contributed by atoms with Crippen LogP contribution in [-0.4, -0.2) is 29.7 Å². The Kier molecular flexibility index (Phi) is 6.51. The quantitative estimate of drug-likeness (QED) is 0.552. The molecule has 0 aliphatic heterocycles. The number of benzene rings is 2. The summed E-state index contributed by atoms with van der Waals surface area (Å²) >= 11 is 0. The lowest BCUT2D eigenvalue weighted by molar-refractivity contribution is -0.386. The molecule has 8 nitrogen and oxygen atoms in total. The van der Waals surface area contributed by atoms with E-state index in [0.29, 0.717) is 6.54 Å². The standard InChI is InChI=1S/C18H20N2O6/c1-12(21)14-8-16(25-2)17(9-15(14)20(23)24)26-11-18(22)19-10-13-6-4-3-5-7-13/h3-9,12,21H,10-11H2,1-2H3,(H,19,22). The number of methoxy groups -OCH3 is 1. The van der Waals surface area contributed by atoms with Crippen molar-refractivity contribution in [3.8, 4) is 11.5 Å². The van der Waals surface area contributed by atoms with Crippen molar-refractivity contribution in [3.05, 3.63) is 63.7 Å². The first kappa shape index (κ1) is 19.2. The van der Waals surface area contributed by atoms with Crippen LogP contribution in [0.15, 0.2) is 42.5 Å². The Morgan fingerprint density at radius 1 is 1.27 bits per heavy atom. The average Bonchev–Trinajstić information content (AvgIpc) is 2.64.